The summed E-state index contributed by atoms with van der Waals surface area (Å²) in [6.07, 6.45) is 5.82. The number of nitrogens with zero attached hydrogens (tertiary/aromatic N) is 3. The normalized spacial score (nSPS) is 11.6. The highest BCUT2D eigenvalue weighted by atomic mass is 32.1. The van der Waals surface area contributed by atoms with E-state index < -0.39 is 0 Å². The van der Waals surface area contributed by atoms with Crippen molar-refractivity contribution in [1.82, 2.24) is 15.0 Å². The van der Waals surface area contributed by atoms with Crippen LogP contribution in [-0.4, -0.2) is 15.0 Å². The van der Waals surface area contributed by atoms with Crippen LogP contribution in [0.4, 0.5) is 0 Å². The molecule has 246 valence electrons. The molecule has 0 fully saturated rings. The van der Waals surface area contributed by atoms with E-state index in [2.05, 4.69) is 165 Å². The van der Waals surface area contributed by atoms with E-state index in [4.69, 9.17) is 15.0 Å². The largest absolute Gasteiger partial charge is 0.208 e. The minimum absolute atomic E-state index is 0.631. The molecule has 52 heavy (non-hydrogen) atoms. The lowest BCUT2D eigenvalue weighted by molar-refractivity contribution is 1.07. The number of thiophene rings is 1. The molecule has 0 aliphatic heterocycles. The van der Waals surface area contributed by atoms with Gasteiger partial charge in [-0.25, -0.2) is 15.0 Å². The molecule has 2 aromatic heterocycles. The summed E-state index contributed by atoms with van der Waals surface area (Å²) in [5.74, 6) is 1.90. The van der Waals surface area contributed by atoms with E-state index in [-0.39, 0.29) is 0 Å². The van der Waals surface area contributed by atoms with Crippen molar-refractivity contribution in [2.75, 3.05) is 0 Å². The van der Waals surface area contributed by atoms with Crippen molar-refractivity contribution in [3.63, 3.8) is 0 Å². The molecular formula is C48H33N3S. The number of aromatic nitrogens is 3. The number of aryl methyl sites for hydroxylation is 1. The summed E-state index contributed by atoms with van der Waals surface area (Å²) in [4.78, 5) is 15.4. The highest BCUT2D eigenvalue weighted by Gasteiger charge is 2.16. The summed E-state index contributed by atoms with van der Waals surface area (Å²) in [6, 6.07) is 53.8. The third-order valence-corrected chi connectivity index (χ3v) is 10.8. The summed E-state index contributed by atoms with van der Waals surface area (Å²) < 4.78 is 2.49. The maximum Gasteiger partial charge on any atom is 0.164 e. The molecule has 0 atom stereocenters. The molecule has 7 aromatic carbocycles. The van der Waals surface area contributed by atoms with Crippen LogP contribution in [0.2, 0.25) is 0 Å². The van der Waals surface area contributed by atoms with Crippen molar-refractivity contribution >= 4 is 48.4 Å². The number of hydrogen-bond donors (Lipinski definition) is 0. The Labute approximate surface area is 307 Å². The molecule has 3 nitrogen and oxygen atoms in total. The lowest BCUT2D eigenvalue weighted by atomic mass is 9.97. The fourth-order valence-electron chi connectivity index (χ4n) is 6.92. The molecule has 0 saturated carbocycles. The van der Waals surface area contributed by atoms with Crippen LogP contribution in [-0.2, 0) is 0 Å². The van der Waals surface area contributed by atoms with E-state index in [1.54, 1.807) is 6.08 Å². The van der Waals surface area contributed by atoms with Gasteiger partial charge in [-0.15, -0.1) is 11.3 Å². The Bertz CT molecular complexity index is 2820. The molecule has 0 N–H and O–H groups in total. The van der Waals surface area contributed by atoms with Gasteiger partial charge in [0.2, 0.25) is 0 Å². The Morgan fingerprint density at radius 2 is 1.06 bits per heavy atom. The van der Waals surface area contributed by atoms with Gasteiger partial charge in [-0.1, -0.05) is 134 Å². The van der Waals surface area contributed by atoms with Gasteiger partial charge in [0.25, 0.3) is 0 Å². The van der Waals surface area contributed by atoms with E-state index >= 15 is 0 Å². The van der Waals surface area contributed by atoms with E-state index in [9.17, 15) is 0 Å². The second-order valence-electron chi connectivity index (χ2n) is 13.0. The Hall–Kier alpha value is -6.49. The molecule has 0 amide bonds. The van der Waals surface area contributed by atoms with Crippen molar-refractivity contribution in [1.29, 1.82) is 0 Å². The standard InChI is InChI=1S/C48H33N3S/c1-3-4-12-34-27-38(22-21-31(34)2)47-49-46(37-18-10-17-35(28-37)32-13-6-5-7-14-32)50-48(51-47)39-24-26-45-43(30-39)42-29-36(23-25-44(42)52-45)41-20-11-16-33-15-8-9-19-40(33)41/h3-30H,1H2,2H3/b12-4-. The SMILES string of the molecule is C=C/C=C\c1cc(-c2nc(-c3cccc(-c4ccccc4)c3)nc(-c3ccc4sc5ccc(-c6cccc7ccccc67)cc5c4c3)n2)ccc1C. The van der Waals surface area contributed by atoms with Crippen molar-refractivity contribution in [3.05, 3.63) is 182 Å². The maximum atomic E-state index is 5.15. The zero-order valence-electron chi connectivity index (χ0n) is 28.6. The van der Waals surface area contributed by atoms with Crippen molar-refractivity contribution in [2.24, 2.45) is 0 Å². The highest BCUT2D eigenvalue weighted by Crippen LogP contribution is 2.40. The Kier molecular flexibility index (Phi) is 8.07. The number of hydrogen-bond acceptors (Lipinski definition) is 4. The molecule has 0 radical (unpaired) electrons. The third kappa shape index (κ3) is 5.89. The predicted molar refractivity (Wildman–Crippen MR) is 221 cm³/mol. The van der Waals surface area contributed by atoms with Crippen LogP contribution in [0.15, 0.2) is 170 Å². The van der Waals surface area contributed by atoms with E-state index in [0.29, 0.717) is 17.5 Å². The molecule has 0 bridgehead atoms. The monoisotopic (exact) mass is 683 g/mol. The average Bonchev–Trinajstić information content (AvgIpc) is 3.58. The van der Waals surface area contributed by atoms with Crippen LogP contribution in [0.1, 0.15) is 11.1 Å². The molecule has 2 heterocycles. The first-order valence-electron chi connectivity index (χ1n) is 17.4. The van der Waals surface area contributed by atoms with Crippen molar-refractivity contribution in [3.8, 4) is 56.4 Å². The summed E-state index contributed by atoms with van der Waals surface area (Å²) in [6.45, 7) is 5.96. The van der Waals surface area contributed by atoms with Gasteiger partial charge in [-0.2, -0.15) is 0 Å². The second-order valence-corrected chi connectivity index (χ2v) is 14.1. The van der Waals surface area contributed by atoms with Crippen LogP contribution in [0, 0.1) is 6.92 Å². The predicted octanol–water partition coefficient (Wildman–Crippen LogP) is 13.2. The first-order valence-corrected chi connectivity index (χ1v) is 18.2. The van der Waals surface area contributed by atoms with E-state index in [1.807, 2.05) is 23.5 Å². The van der Waals surface area contributed by atoms with Gasteiger partial charge in [0.1, 0.15) is 0 Å². The van der Waals surface area contributed by atoms with Gasteiger partial charge >= 0.3 is 0 Å². The molecule has 9 rings (SSSR count). The van der Waals surface area contributed by atoms with Gasteiger partial charge in [0.05, 0.1) is 0 Å². The molecule has 0 aliphatic carbocycles. The van der Waals surface area contributed by atoms with Crippen molar-refractivity contribution < 1.29 is 0 Å². The summed E-state index contributed by atoms with van der Waals surface area (Å²) in [5, 5.41) is 4.92. The number of benzene rings is 7. The van der Waals surface area contributed by atoms with Gasteiger partial charge < -0.3 is 0 Å². The number of fused-ring (bicyclic) bond motifs is 4. The molecule has 0 unspecified atom stereocenters. The third-order valence-electron chi connectivity index (χ3n) is 9.64. The topological polar surface area (TPSA) is 38.7 Å². The van der Waals surface area contributed by atoms with Gasteiger partial charge in [-0.3, -0.25) is 0 Å². The average molecular weight is 684 g/mol. The Morgan fingerprint density at radius 1 is 0.481 bits per heavy atom. The molecule has 9 aromatic rings. The smallest absolute Gasteiger partial charge is 0.164 e. The van der Waals surface area contributed by atoms with Gasteiger partial charge in [0, 0.05) is 36.9 Å². The fraction of sp³-hybridized carbons (Fsp3) is 0.0208. The van der Waals surface area contributed by atoms with Crippen molar-refractivity contribution in [2.45, 2.75) is 6.92 Å². The first-order chi connectivity index (χ1) is 25.6. The van der Waals surface area contributed by atoms with Crippen LogP contribution in [0.3, 0.4) is 0 Å². The summed E-state index contributed by atoms with van der Waals surface area (Å²) in [7, 11) is 0. The van der Waals surface area contributed by atoms with E-state index in [0.717, 1.165) is 33.4 Å². The van der Waals surface area contributed by atoms with Crippen LogP contribution < -0.4 is 0 Å². The zero-order chi connectivity index (χ0) is 35.0. The quantitative estimate of drug-likeness (QED) is 0.157. The minimum atomic E-state index is 0.631. The number of allylic oxidation sites excluding steroid dienone is 2. The van der Waals surface area contributed by atoms with Gasteiger partial charge in [0.15, 0.2) is 17.5 Å². The maximum absolute atomic E-state index is 5.15. The molecule has 0 aliphatic rings. The van der Waals surface area contributed by atoms with Crippen LogP contribution in [0.5, 0.6) is 0 Å². The molecule has 0 saturated heterocycles. The van der Waals surface area contributed by atoms with Crippen LogP contribution in [0.25, 0.3) is 93.4 Å². The minimum Gasteiger partial charge on any atom is -0.208 e. The zero-order valence-corrected chi connectivity index (χ0v) is 29.4. The summed E-state index contributed by atoms with van der Waals surface area (Å²) in [5.41, 5.74) is 9.79. The lowest BCUT2D eigenvalue weighted by Crippen LogP contribution is -2.00. The molecule has 4 heteroatoms. The van der Waals surface area contributed by atoms with Gasteiger partial charge in [-0.05, 0) is 93.5 Å². The molecular weight excluding hydrogens is 651 g/mol. The lowest BCUT2D eigenvalue weighted by Gasteiger charge is -2.11. The fourth-order valence-corrected chi connectivity index (χ4v) is 7.99. The first kappa shape index (κ1) is 31.5. The van der Waals surface area contributed by atoms with E-state index in [1.165, 1.54) is 47.6 Å². The van der Waals surface area contributed by atoms with Crippen LogP contribution >= 0.6 is 11.3 Å². The molecule has 0 spiro atoms. The Balaban J connectivity index is 1.21. The second kappa shape index (κ2) is 13.3. The summed E-state index contributed by atoms with van der Waals surface area (Å²) >= 11 is 1.82. The highest BCUT2D eigenvalue weighted by molar-refractivity contribution is 7.25. The Morgan fingerprint density at radius 3 is 1.83 bits per heavy atom. The number of rotatable bonds is 7.